The Kier molecular flexibility index (Phi) is 6.98. The third kappa shape index (κ3) is 5.01. The Morgan fingerprint density at radius 2 is 1.76 bits per heavy atom. The summed E-state index contributed by atoms with van der Waals surface area (Å²) in [7, 11) is -3.49. The summed E-state index contributed by atoms with van der Waals surface area (Å²) in [5, 5.41) is 2.78. The number of piperazine rings is 1. The van der Waals surface area contributed by atoms with Crippen LogP contribution in [-0.4, -0.2) is 91.9 Å². The number of morpholine rings is 1. The van der Waals surface area contributed by atoms with Crippen LogP contribution in [0.25, 0.3) is 0 Å². The fraction of sp³-hybridized carbons (Fsp3) is 0.812. The Morgan fingerprint density at radius 1 is 1.20 bits per heavy atom. The molecule has 1 N–H and O–H groups in total. The van der Waals surface area contributed by atoms with Gasteiger partial charge in [0.05, 0.1) is 18.2 Å². The summed E-state index contributed by atoms with van der Waals surface area (Å²) in [5.74, 6) is -0.0629. The lowest BCUT2D eigenvalue weighted by molar-refractivity contribution is -0.126. The Hall–Kier alpha value is -1.00. The Bertz CT molecular complexity index is 565. The molecule has 0 aromatic carbocycles. The standard InChI is InChI=1S/C16H30N4O4S/c1-5-6-17-16(21)15(4)18-7-9-19(10-8-18)25(22,23)20-11-13(2)24-14(3)12-20/h5,13-15H,1,6-12H2,2-4H3,(H,17,21)/t13-,14-,15-/m0/s1. The van der Waals surface area contributed by atoms with E-state index >= 15 is 0 Å². The molecule has 3 atom stereocenters. The molecule has 0 unspecified atom stereocenters. The number of carbonyl (C=O) groups excluding carboxylic acids is 1. The average molecular weight is 375 g/mol. The van der Waals surface area contributed by atoms with Crippen molar-refractivity contribution in [2.45, 2.75) is 39.0 Å². The number of ether oxygens (including phenoxy) is 1. The van der Waals surface area contributed by atoms with Gasteiger partial charge < -0.3 is 10.1 Å². The molecule has 1 amide bonds. The molecule has 0 radical (unpaired) electrons. The highest BCUT2D eigenvalue weighted by atomic mass is 32.2. The van der Waals surface area contributed by atoms with Crippen LogP contribution in [0.4, 0.5) is 0 Å². The van der Waals surface area contributed by atoms with E-state index in [9.17, 15) is 13.2 Å². The smallest absolute Gasteiger partial charge is 0.282 e. The zero-order chi connectivity index (χ0) is 18.6. The highest BCUT2D eigenvalue weighted by molar-refractivity contribution is 7.86. The van der Waals surface area contributed by atoms with Crippen molar-refractivity contribution >= 4 is 16.1 Å². The highest BCUT2D eigenvalue weighted by Crippen LogP contribution is 2.19. The van der Waals surface area contributed by atoms with Crippen LogP contribution in [0.5, 0.6) is 0 Å². The summed E-state index contributed by atoms with van der Waals surface area (Å²) in [4.78, 5) is 14.1. The molecule has 2 aliphatic heterocycles. The topological polar surface area (TPSA) is 82.2 Å². The van der Waals surface area contributed by atoms with E-state index < -0.39 is 10.2 Å². The van der Waals surface area contributed by atoms with Crippen LogP contribution in [0.2, 0.25) is 0 Å². The lowest BCUT2D eigenvalue weighted by Gasteiger charge is -2.41. The van der Waals surface area contributed by atoms with Crippen LogP contribution in [0.15, 0.2) is 12.7 Å². The Balaban J connectivity index is 1.92. The van der Waals surface area contributed by atoms with Gasteiger partial charge in [0.25, 0.3) is 10.2 Å². The summed E-state index contributed by atoms with van der Waals surface area (Å²) in [6.45, 7) is 12.3. The zero-order valence-electron chi connectivity index (χ0n) is 15.3. The van der Waals surface area contributed by atoms with Crippen molar-refractivity contribution in [3.05, 3.63) is 12.7 Å². The molecule has 0 saturated carbocycles. The molecule has 2 aliphatic rings. The number of hydrogen-bond acceptors (Lipinski definition) is 5. The maximum atomic E-state index is 12.9. The second kappa shape index (κ2) is 8.59. The number of amides is 1. The van der Waals surface area contributed by atoms with E-state index in [1.165, 1.54) is 8.61 Å². The van der Waals surface area contributed by atoms with Gasteiger partial charge in [-0.15, -0.1) is 6.58 Å². The average Bonchev–Trinajstić information content (AvgIpc) is 2.58. The molecule has 8 nitrogen and oxygen atoms in total. The lowest BCUT2D eigenvalue weighted by atomic mass is 10.2. The van der Waals surface area contributed by atoms with E-state index in [0.717, 1.165) is 0 Å². The van der Waals surface area contributed by atoms with Crippen LogP contribution in [0.1, 0.15) is 20.8 Å². The van der Waals surface area contributed by atoms with Crippen molar-refractivity contribution in [2.24, 2.45) is 0 Å². The maximum absolute atomic E-state index is 12.9. The van der Waals surface area contributed by atoms with Gasteiger partial charge in [0.2, 0.25) is 5.91 Å². The quantitative estimate of drug-likeness (QED) is 0.643. The number of nitrogens with one attached hydrogen (secondary N) is 1. The molecular weight excluding hydrogens is 344 g/mol. The SMILES string of the molecule is C=CCNC(=O)[C@H](C)N1CCN(S(=O)(=O)N2C[C@H](C)O[C@@H](C)C2)CC1. The minimum atomic E-state index is -3.49. The number of carbonyl (C=O) groups is 1. The molecule has 0 aromatic rings. The predicted octanol–water partition coefficient (Wildman–Crippen LogP) is -0.351. The first kappa shape index (κ1) is 20.3. The monoisotopic (exact) mass is 374 g/mol. The van der Waals surface area contributed by atoms with Gasteiger partial charge in [0, 0.05) is 45.8 Å². The molecular formula is C16H30N4O4S. The molecule has 2 fully saturated rings. The fourth-order valence-electron chi connectivity index (χ4n) is 3.29. The van der Waals surface area contributed by atoms with E-state index in [0.29, 0.717) is 45.8 Å². The predicted molar refractivity (Wildman–Crippen MR) is 96.3 cm³/mol. The van der Waals surface area contributed by atoms with E-state index in [2.05, 4.69) is 11.9 Å². The van der Waals surface area contributed by atoms with Gasteiger partial charge >= 0.3 is 0 Å². The van der Waals surface area contributed by atoms with Crippen molar-refractivity contribution < 1.29 is 17.9 Å². The summed E-state index contributed by atoms with van der Waals surface area (Å²) in [6.07, 6.45) is 1.43. The van der Waals surface area contributed by atoms with Gasteiger partial charge in [-0.25, -0.2) is 0 Å². The normalized spacial score (nSPS) is 28.4. The molecule has 0 aromatic heterocycles. The first-order valence-corrected chi connectivity index (χ1v) is 10.2. The van der Waals surface area contributed by atoms with E-state index in [-0.39, 0.29) is 24.2 Å². The first-order valence-electron chi connectivity index (χ1n) is 8.79. The maximum Gasteiger partial charge on any atom is 0.282 e. The molecule has 2 rings (SSSR count). The van der Waals surface area contributed by atoms with Crippen molar-refractivity contribution in [1.82, 2.24) is 18.8 Å². The lowest BCUT2D eigenvalue weighted by Crippen LogP contribution is -2.59. The molecule has 0 aliphatic carbocycles. The Morgan fingerprint density at radius 3 is 2.28 bits per heavy atom. The van der Waals surface area contributed by atoms with Gasteiger partial charge in [-0.05, 0) is 20.8 Å². The largest absolute Gasteiger partial charge is 0.373 e. The summed E-state index contributed by atoms with van der Waals surface area (Å²) >= 11 is 0. The fourth-order valence-corrected chi connectivity index (χ4v) is 5.04. The van der Waals surface area contributed by atoms with E-state index in [1.807, 2.05) is 25.7 Å². The van der Waals surface area contributed by atoms with E-state index in [4.69, 9.17) is 4.74 Å². The van der Waals surface area contributed by atoms with Gasteiger partial charge in [0.15, 0.2) is 0 Å². The number of nitrogens with zero attached hydrogens (tertiary/aromatic N) is 3. The molecule has 0 spiro atoms. The van der Waals surface area contributed by atoms with E-state index in [1.54, 1.807) is 6.08 Å². The van der Waals surface area contributed by atoms with Crippen LogP contribution >= 0.6 is 0 Å². The summed E-state index contributed by atoms with van der Waals surface area (Å²) in [5.41, 5.74) is 0. The van der Waals surface area contributed by atoms with Crippen molar-refractivity contribution in [1.29, 1.82) is 0 Å². The van der Waals surface area contributed by atoms with Gasteiger partial charge in [0.1, 0.15) is 0 Å². The summed E-state index contributed by atoms with van der Waals surface area (Å²) in [6, 6.07) is -0.284. The van der Waals surface area contributed by atoms with Gasteiger partial charge in [-0.3, -0.25) is 9.69 Å². The molecule has 0 bridgehead atoms. The third-order valence-corrected chi connectivity index (χ3v) is 6.63. The third-order valence-electron chi connectivity index (χ3n) is 4.66. The summed E-state index contributed by atoms with van der Waals surface area (Å²) < 4.78 is 34.4. The van der Waals surface area contributed by atoms with Crippen molar-refractivity contribution in [3.8, 4) is 0 Å². The number of rotatable bonds is 6. The second-order valence-electron chi connectivity index (χ2n) is 6.73. The van der Waals surface area contributed by atoms with Gasteiger partial charge in [-0.2, -0.15) is 17.0 Å². The molecule has 2 heterocycles. The highest BCUT2D eigenvalue weighted by Gasteiger charge is 2.37. The minimum absolute atomic E-state index is 0.0629. The Labute approximate surface area is 151 Å². The molecule has 25 heavy (non-hydrogen) atoms. The van der Waals surface area contributed by atoms with Gasteiger partial charge in [-0.1, -0.05) is 6.08 Å². The minimum Gasteiger partial charge on any atom is -0.373 e. The first-order chi connectivity index (χ1) is 11.8. The van der Waals surface area contributed by atoms with Crippen LogP contribution < -0.4 is 5.32 Å². The van der Waals surface area contributed by atoms with Crippen LogP contribution in [0, 0.1) is 0 Å². The van der Waals surface area contributed by atoms with Crippen molar-refractivity contribution in [2.75, 3.05) is 45.8 Å². The second-order valence-corrected chi connectivity index (χ2v) is 8.66. The van der Waals surface area contributed by atoms with Crippen LogP contribution in [0.3, 0.4) is 0 Å². The number of hydrogen-bond donors (Lipinski definition) is 1. The van der Waals surface area contributed by atoms with Crippen molar-refractivity contribution in [3.63, 3.8) is 0 Å². The zero-order valence-corrected chi connectivity index (χ0v) is 16.2. The van der Waals surface area contributed by atoms with Crippen LogP contribution in [-0.2, 0) is 19.7 Å². The molecule has 9 heteroatoms. The molecule has 144 valence electrons. The molecule has 2 saturated heterocycles.